The van der Waals surface area contributed by atoms with Gasteiger partial charge in [-0.25, -0.2) is 9.97 Å². The van der Waals surface area contributed by atoms with Gasteiger partial charge < -0.3 is 19.5 Å². The van der Waals surface area contributed by atoms with Crippen molar-refractivity contribution in [1.29, 1.82) is 0 Å². The molecular weight excluding hydrogens is 354 g/mol. The number of anilines is 2. The molecule has 0 saturated heterocycles. The summed E-state index contributed by atoms with van der Waals surface area (Å²) in [4.78, 5) is 11.0. The first-order valence-corrected chi connectivity index (χ1v) is 8.68. The third kappa shape index (κ3) is 2.91. The highest BCUT2D eigenvalue weighted by molar-refractivity contribution is 6.31. The summed E-state index contributed by atoms with van der Waals surface area (Å²) in [6.45, 7) is 2.36. The van der Waals surface area contributed by atoms with Crippen LogP contribution >= 0.6 is 11.6 Å². The standard InChI is InChI=1S/C19H18ClN3O3/c1-11(24)26-18-9-15-14(8-17(18)25-2)19(22-10-21-15)23-6-5-12-3-4-13(20)7-16(12)23/h3-4,7-11,24H,5-6H2,1-2H3. The zero-order valence-corrected chi connectivity index (χ0v) is 15.2. The monoisotopic (exact) mass is 371 g/mol. The third-order valence-electron chi connectivity index (χ3n) is 4.40. The van der Waals surface area contributed by atoms with Crippen LogP contribution in [0.3, 0.4) is 0 Å². The van der Waals surface area contributed by atoms with Crippen molar-refractivity contribution in [1.82, 2.24) is 9.97 Å². The highest BCUT2D eigenvalue weighted by Gasteiger charge is 2.24. The van der Waals surface area contributed by atoms with Gasteiger partial charge in [-0.1, -0.05) is 17.7 Å². The molecule has 0 radical (unpaired) electrons. The van der Waals surface area contributed by atoms with Crippen LogP contribution in [0.4, 0.5) is 11.5 Å². The lowest BCUT2D eigenvalue weighted by Gasteiger charge is -2.21. The Morgan fingerprint density at radius 3 is 2.81 bits per heavy atom. The van der Waals surface area contributed by atoms with Crippen LogP contribution < -0.4 is 14.4 Å². The maximum atomic E-state index is 9.53. The van der Waals surface area contributed by atoms with E-state index < -0.39 is 6.29 Å². The molecule has 2 aromatic carbocycles. The lowest BCUT2D eigenvalue weighted by Crippen LogP contribution is -2.15. The van der Waals surface area contributed by atoms with Crippen molar-refractivity contribution in [3.63, 3.8) is 0 Å². The van der Waals surface area contributed by atoms with Gasteiger partial charge in [-0.3, -0.25) is 0 Å². The Balaban J connectivity index is 1.86. The van der Waals surface area contributed by atoms with E-state index in [1.165, 1.54) is 11.9 Å². The number of rotatable bonds is 4. The second-order valence-electron chi connectivity index (χ2n) is 6.11. The van der Waals surface area contributed by atoms with Crippen LogP contribution in [0.25, 0.3) is 10.9 Å². The molecule has 0 bridgehead atoms. The summed E-state index contributed by atoms with van der Waals surface area (Å²) in [7, 11) is 1.56. The van der Waals surface area contributed by atoms with Crippen molar-refractivity contribution in [3.05, 3.63) is 47.2 Å². The lowest BCUT2D eigenvalue weighted by molar-refractivity contribution is -0.00194. The zero-order valence-electron chi connectivity index (χ0n) is 14.4. The first-order chi connectivity index (χ1) is 12.6. The molecular formula is C19H18ClN3O3. The van der Waals surface area contributed by atoms with E-state index in [2.05, 4.69) is 20.9 Å². The summed E-state index contributed by atoms with van der Waals surface area (Å²) < 4.78 is 10.9. The van der Waals surface area contributed by atoms with Crippen molar-refractivity contribution < 1.29 is 14.6 Å². The number of aliphatic hydroxyl groups excluding tert-OH is 1. The van der Waals surface area contributed by atoms with Gasteiger partial charge in [0.25, 0.3) is 0 Å². The molecule has 6 nitrogen and oxygen atoms in total. The Bertz CT molecular complexity index is 978. The van der Waals surface area contributed by atoms with Crippen molar-refractivity contribution >= 4 is 34.0 Å². The van der Waals surface area contributed by atoms with Crippen LogP contribution in [0.2, 0.25) is 5.02 Å². The largest absolute Gasteiger partial charge is 0.493 e. The Morgan fingerprint density at radius 1 is 1.19 bits per heavy atom. The van der Waals surface area contributed by atoms with Crippen molar-refractivity contribution in [3.8, 4) is 11.5 Å². The van der Waals surface area contributed by atoms with Gasteiger partial charge in [0.15, 0.2) is 17.8 Å². The summed E-state index contributed by atoms with van der Waals surface area (Å²) in [5.41, 5.74) is 3.00. The quantitative estimate of drug-likeness (QED) is 0.705. The number of aliphatic hydroxyl groups is 1. The van der Waals surface area contributed by atoms with Gasteiger partial charge in [0, 0.05) is 28.7 Å². The zero-order chi connectivity index (χ0) is 18.3. The molecule has 1 aliphatic rings. The molecule has 4 rings (SSSR count). The number of hydrogen-bond acceptors (Lipinski definition) is 6. The molecule has 134 valence electrons. The highest BCUT2D eigenvalue weighted by atomic mass is 35.5. The fourth-order valence-corrected chi connectivity index (χ4v) is 3.44. The van der Waals surface area contributed by atoms with Gasteiger partial charge in [0.05, 0.1) is 12.6 Å². The lowest BCUT2D eigenvalue weighted by atomic mass is 10.1. The average Bonchev–Trinajstić information content (AvgIpc) is 3.02. The van der Waals surface area contributed by atoms with Crippen LogP contribution in [-0.2, 0) is 6.42 Å². The van der Waals surface area contributed by atoms with E-state index in [1.807, 2.05) is 18.2 Å². The first kappa shape index (κ1) is 16.9. The Labute approximate surface area is 156 Å². The number of aromatic nitrogens is 2. The normalized spacial score (nSPS) is 14.4. The van der Waals surface area contributed by atoms with Crippen LogP contribution in [0.1, 0.15) is 12.5 Å². The van der Waals surface area contributed by atoms with E-state index in [0.717, 1.165) is 29.9 Å². The summed E-state index contributed by atoms with van der Waals surface area (Å²) in [6, 6.07) is 9.51. The van der Waals surface area contributed by atoms with Gasteiger partial charge in [0.2, 0.25) is 0 Å². The number of fused-ring (bicyclic) bond motifs is 2. The molecule has 1 aromatic heterocycles. The molecule has 0 saturated carbocycles. The number of ether oxygens (including phenoxy) is 2. The number of methoxy groups -OCH3 is 1. The maximum Gasteiger partial charge on any atom is 0.194 e. The molecule has 26 heavy (non-hydrogen) atoms. The van der Waals surface area contributed by atoms with E-state index in [0.29, 0.717) is 22.0 Å². The Kier molecular flexibility index (Phi) is 4.30. The van der Waals surface area contributed by atoms with Gasteiger partial charge in [-0.2, -0.15) is 0 Å². The molecule has 0 aliphatic carbocycles. The van der Waals surface area contributed by atoms with Crippen LogP contribution in [0.5, 0.6) is 11.5 Å². The molecule has 1 unspecified atom stereocenters. The molecule has 1 N–H and O–H groups in total. The van der Waals surface area contributed by atoms with E-state index in [4.69, 9.17) is 21.1 Å². The molecule has 1 aliphatic heterocycles. The number of benzene rings is 2. The van der Waals surface area contributed by atoms with Gasteiger partial charge in [0.1, 0.15) is 12.1 Å². The topological polar surface area (TPSA) is 67.7 Å². The molecule has 0 amide bonds. The number of hydrogen-bond donors (Lipinski definition) is 1. The summed E-state index contributed by atoms with van der Waals surface area (Å²) in [6.07, 6.45) is 1.51. The van der Waals surface area contributed by atoms with E-state index in [-0.39, 0.29) is 0 Å². The van der Waals surface area contributed by atoms with Gasteiger partial charge >= 0.3 is 0 Å². The van der Waals surface area contributed by atoms with Crippen molar-refractivity contribution in [2.45, 2.75) is 19.6 Å². The smallest absolute Gasteiger partial charge is 0.194 e. The minimum absolute atomic E-state index is 0.435. The minimum Gasteiger partial charge on any atom is -0.493 e. The molecule has 0 fully saturated rings. The van der Waals surface area contributed by atoms with Gasteiger partial charge in [-0.15, -0.1) is 0 Å². The minimum atomic E-state index is -0.949. The number of halogens is 1. The van der Waals surface area contributed by atoms with Crippen LogP contribution in [0, 0.1) is 0 Å². The molecule has 2 heterocycles. The average molecular weight is 372 g/mol. The van der Waals surface area contributed by atoms with Crippen LogP contribution in [0.15, 0.2) is 36.7 Å². The first-order valence-electron chi connectivity index (χ1n) is 8.30. The SMILES string of the molecule is COc1cc2c(N3CCc4ccc(Cl)cc43)ncnc2cc1OC(C)O. The molecule has 7 heteroatoms. The van der Waals surface area contributed by atoms with Crippen molar-refractivity contribution in [2.24, 2.45) is 0 Å². The van der Waals surface area contributed by atoms with E-state index in [1.54, 1.807) is 20.1 Å². The van der Waals surface area contributed by atoms with E-state index >= 15 is 0 Å². The fourth-order valence-electron chi connectivity index (χ4n) is 3.27. The fraction of sp³-hybridized carbons (Fsp3) is 0.263. The Morgan fingerprint density at radius 2 is 2.04 bits per heavy atom. The third-order valence-corrected chi connectivity index (χ3v) is 4.63. The van der Waals surface area contributed by atoms with Crippen molar-refractivity contribution in [2.75, 3.05) is 18.6 Å². The van der Waals surface area contributed by atoms with E-state index in [9.17, 15) is 5.11 Å². The van der Waals surface area contributed by atoms with Crippen LogP contribution in [-0.4, -0.2) is 35.0 Å². The summed E-state index contributed by atoms with van der Waals surface area (Å²) in [5, 5.41) is 11.1. The summed E-state index contributed by atoms with van der Waals surface area (Å²) >= 11 is 6.19. The summed E-state index contributed by atoms with van der Waals surface area (Å²) in [5.74, 6) is 1.74. The number of nitrogens with zero attached hydrogens (tertiary/aromatic N) is 3. The molecule has 3 aromatic rings. The van der Waals surface area contributed by atoms with Gasteiger partial charge in [-0.05, 0) is 37.1 Å². The maximum absolute atomic E-state index is 9.53. The molecule has 0 spiro atoms. The predicted octanol–water partition coefficient (Wildman–Crippen LogP) is 3.70. The predicted molar refractivity (Wildman–Crippen MR) is 101 cm³/mol. The highest BCUT2D eigenvalue weighted by Crippen LogP contribution is 2.40. The molecule has 1 atom stereocenters. The second kappa shape index (κ2) is 6.63. The second-order valence-corrected chi connectivity index (χ2v) is 6.55. The Hall–Kier alpha value is -2.57.